The lowest BCUT2D eigenvalue weighted by Gasteiger charge is -2.19. The number of pyridine rings is 1. The summed E-state index contributed by atoms with van der Waals surface area (Å²) in [7, 11) is 0. The molecular formula is C10H15N3O. The van der Waals surface area contributed by atoms with Crippen LogP contribution in [-0.2, 0) is 0 Å². The number of nitrogens with two attached hydrogens (primary N) is 1. The zero-order chi connectivity index (χ0) is 9.97. The molecule has 14 heavy (non-hydrogen) atoms. The second kappa shape index (κ2) is 3.94. The van der Waals surface area contributed by atoms with Crippen LogP contribution in [0.3, 0.4) is 0 Å². The molecule has 0 radical (unpaired) electrons. The van der Waals surface area contributed by atoms with E-state index < -0.39 is 6.10 Å². The highest BCUT2D eigenvalue weighted by atomic mass is 16.3. The quantitative estimate of drug-likeness (QED) is 0.637. The molecule has 4 nitrogen and oxygen atoms in total. The van der Waals surface area contributed by atoms with Gasteiger partial charge < -0.3 is 16.2 Å². The fourth-order valence-electron chi connectivity index (χ4n) is 1.88. The number of nitrogens with zero attached hydrogens (tertiary/aromatic N) is 1. The topological polar surface area (TPSA) is 71.2 Å². The van der Waals surface area contributed by atoms with Gasteiger partial charge >= 0.3 is 0 Å². The van der Waals surface area contributed by atoms with Crippen molar-refractivity contribution in [1.82, 2.24) is 10.3 Å². The molecule has 1 fully saturated rings. The zero-order valence-corrected chi connectivity index (χ0v) is 7.98. The number of aliphatic hydroxyl groups excluding tert-OH is 1. The molecule has 2 heterocycles. The first kappa shape index (κ1) is 9.43. The highest BCUT2D eigenvalue weighted by molar-refractivity contribution is 5.40. The van der Waals surface area contributed by atoms with Crippen molar-refractivity contribution in [1.29, 1.82) is 0 Å². The Morgan fingerprint density at radius 3 is 3.14 bits per heavy atom. The highest BCUT2D eigenvalue weighted by Gasteiger charge is 2.25. The number of aromatic nitrogens is 1. The van der Waals surface area contributed by atoms with Crippen LogP contribution in [0, 0.1) is 0 Å². The smallest absolute Gasteiger partial charge is 0.129 e. The molecule has 1 aromatic heterocycles. The minimum absolute atomic E-state index is 0.126. The molecule has 1 aliphatic heterocycles. The van der Waals surface area contributed by atoms with Gasteiger partial charge in [-0.1, -0.05) is 6.07 Å². The second-order valence-electron chi connectivity index (χ2n) is 3.63. The van der Waals surface area contributed by atoms with Gasteiger partial charge in [0.25, 0.3) is 0 Å². The summed E-state index contributed by atoms with van der Waals surface area (Å²) < 4.78 is 0. The van der Waals surface area contributed by atoms with Crippen LogP contribution in [0.25, 0.3) is 0 Å². The van der Waals surface area contributed by atoms with E-state index in [0.29, 0.717) is 5.82 Å². The van der Waals surface area contributed by atoms with Crippen LogP contribution in [0.4, 0.5) is 5.82 Å². The molecule has 0 saturated carbocycles. The molecule has 0 bridgehead atoms. The van der Waals surface area contributed by atoms with E-state index in [9.17, 15) is 5.11 Å². The minimum atomic E-state index is -0.536. The standard InChI is InChI=1S/C10H15N3O/c11-10-7(3-1-6-13-10)9(14)8-4-2-5-12-8/h1,3,6,8-9,12,14H,2,4-5H2,(H2,11,13). The minimum Gasteiger partial charge on any atom is -0.387 e. The molecule has 1 saturated heterocycles. The largest absolute Gasteiger partial charge is 0.387 e. The molecular weight excluding hydrogens is 178 g/mol. The van der Waals surface area contributed by atoms with Gasteiger partial charge in [0, 0.05) is 17.8 Å². The monoisotopic (exact) mass is 193 g/mol. The summed E-state index contributed by atoms with van der Waals surface area (Å²) in [6.45, 7) is 0.974. The second-order valence-corrected chi connectivity index (χ2v) is 3.63. The fraction of sp³-hybridized carbons (Fsp3) is 0.500. The van der Waals surface area contributed by atoms with Crippen molar-refractivity contribution in [2.24, 2.45) is 0 Å². The summed E-state index contributed by atoms with van der Waals surface area (Å²) in [6, 6.07) is 3.75. The molecule has 0 aromatic carbocycles. The summed E-state index contributed by atoms with van der Waals surface area (Å²) in [6.07, 6.45) is 3.21. The Morgan fingerprint density at radius 1 is 1.64 bits per heavy atom. The lowest BCUT2D eigenvalue weighted by Crippen LogP contribution is -2.29. The van der Waals surface area contributed by atoms with Gasteiger partial charge in [0.05, 0.1) is 6.10 Å². The van der Waals surface area contributed by atoms with Crippen molar-refractivity contribution in [2.45, 2.75) is 25.0 Å². The summed E-state index contributed by atoms with van der Waals surface area (Å²) in [4.78, 5) is 3.96. The Kier molecular flexibility index (Phi) is 2.65. The van der Waals surface area contributed by atoms with Crippen LogP contribution in [0.1, 0.15) is 24.5 Å². The van der Waals surface area contributed by atoms with E-state index in [1.165, 1.54) is 0 Å². The number of rotatable bonds is 2. The molecule has 4 N–H and O–H groups in total. The van der Waals surface area contributed by atoms with E-state index in [4.69, 9.17) is 5.73 Å². The van der Waals surface area contributed by atoms with Gasteiger partial charge in [-0.25, -0.2) is 4.98 Å². The molecule has 0 spiro atoms. The van der Waals surface area contributed by atoms with Gasteiger partial charge in [0.15, 0.2) is 0 Å². The first-order chi connectivity index (χ1) is 6.79. The van der Waals surface area contributed by atoms with E-state index >= 15 is 0 Å². The highest BCUT2D eigenvalue weighted by Crippen LogP contribution is 2.25. The fourth-order valence-corrected chi connectivity index (χ4v) is 1.88. The molecule has 2 unspecified atom stereocenters. The van der Waals surface area contributed by atoms with Crippen molar-refractivity contribution in [2.75, 3.05) is 12.3 Å². The van der Waals surface area contributed by atoms with Crippen molar-refractivity contribution in [3.8, 4) is 0 Å². The Bertz CT molecular complexity index is 310. The van der Waals surface area contributed by atoms with Gasteiger partial charge in [-0.05, 0) is 25.5 Å². The number of anilines is 1. The third-order valence-corrected chi connectivity index (χ3v) is 2.67. The van der Waals surface area contributed by atoms with Gasteiger partial charge in [0.1, 0.15) is 5.82 Å². The lowest BCUT2D eigenvalue weighted by atomic mass is 10.0. The van der Waals surface area contributed by atoms with Crippen LogP contribution >= 0.6 is 0 Å². The number of hydrogen-bond acceptors (Lipinski definition) is 4. The first-order valence-corrected chi connectivity index (χ1v) is 4.91. The Labute approximate surface area is 83.2 Å². The molecule has 4 heteroatoms. The van der Waals surface area contributed by atoms with Crippen molar-refractivity contribution in [3.05, 3.63) is 23.9 Å². The molecule has 1 aromatic rings. The summed E-state index contributed by atoms with van der Waals surface area (Å²) in [5, 5.41) is 13.3. The molecule has 1 aliphatic rings. The van der Waals surface area contributed by atoms with E-state index in [2.05, 4.69) is 10.3 Å². The molecule has 76 valence electrons. The first-order valence-electron chi connectivity index (χ1n) is 4.91. The van der Waals surface area contributed by atoms with Gasteiger partial charge in [0.2, 0.25) is 0 Å². The van der Waals surface area contributed by atoms with Crippen molar-refractivity contribution >= 4 is 5.82 Å². The summed E-state index contributed by atoms with van der Waals surface area (Å²) >= 11 is 0. The van der Waals surface area contributed by atoms with Gasteiger partial charge in [-0.3, -0.25) is 0 Å². The van der Waals surface area contributed by atoms with E-state index in [-0.39, 0.29) is 6.04 Å². The van der Waals surface area contributed by atoms with E-state index in [0.717, 1.165) is 24.9 Å². The average Bonchev–Trinajstić information content (AvgIpc) is 2.70. The van der Waals surface area contributed by atoms with Crippen LogP contribution < -0.4 is 11.1 Å². The Hall–Kier alpha value is -1.13. The number of aliphatic hydroxyl groups is 1. The third-order valence-electron chi connectivity index (χ3n) is 2.67. The lowest BCUT2D eigenvalue weighted by molar-refractivity contribution is 0.138. The third kappa shape index (κ3) is 1.71. The molecule has 2 rings (SSSR count). The summed E-state index contributed by atoms with van der Waals surface area (Å²) in [5.41, 5.74) is 6.42. The Balaban J connectivity index is 2.17. The van der Waals surface area contributed by atoms with Crippen molar-refractivity contribution in [3.63, 3.8) is 0 Å². The van der Waals surface area contributed by atoms with Gasteiger partial charge in [-0.2, -0.15) is 0 Å². The van der Waals surface area contributed by atoms with Crippen LogP contribution in [-0.4, -0.2) is 22.7 Å². The Morgan fingerprint density at radius 2 is 2.50 bits per heavy atom. The van der Waals surface area contributed by atoms with Crippen LogP contribution in [0.2, 0.25) is 0 Å². The van der Waals surface area contributed by atoms with E-state index in [1.807, 2.05) is 6.07 Å². The number of nitrogen functional groups attached to an aromatic ring is 1. The van der Waals surface area contributed by atoms with Crippen LogP contribution in [0.5, 0.6) is 0 Å². The predicted octanol–water partition coefficient (Wildman–Crippen LogP) is 0.449. The zero-order valence-electron chi connectivity index (χ0n) is 7.98. The normalized spacial score (nSPS) is 23.6. The maximum Gasteiger partial charge on any atom is 0.129 e. The van der Waals surface area contributed by atoms with Gasteiger partial charge in [-0.15, -0.1) is 0 Å². The summed E-state index contributed by atoms with van der Waals surface area (Å²) in [5.74, 6) is 0.425. The SMILES string of the molecule is Nc1ncccc1C(O)C1CCCN1. The maximum atomic E-state index is 10.0. The molecule has 2 atom stereocenters. The maximum absolute atomic E-state index is 10.0. The van der Waals surface area contributed by atoms with Crippen LogP contribution in [0.15, 0.2) is 18.3 Å². The molecule has 0 amide bonds. The molecule has 0 aliphatic carbocycles. The van der Waals surface area contributed by atoms with Crippen molar-refractivity contribution < 1.29 is 5.11 Å². The number of hydrogen-bond donors (Lipinski definition) is 3. The average molecular weight is 193 g/mol. The predicted molar refractivity (Wildman–Crippen MR) is 54.6 cm³/mol. The number of nitrogens with one attached hydrogen (secondary N) is 1. The van der Waals surface area contributed by atoms with E-state index in [1.54, 1.807) is 12.3 Å².